The normalized spacial score (nSPS) is 11.9. The first kappa shape index (κ1) is 52.4. The Morgan fingerprint density at radius 3 is 1.73 bits per heavy atom. The average molecular weight is 1070 g/mol. The van der Waals surface area contributed by atoms with Crippen LogP contribution in [0.5, 0.6) is 23.0 Å². The van der Waals surface area contributed by atoms with Crippen molar-refractivity contribution in [2.75, 3.05) is 17.7 Å². The molecule has 388 valence electrons. The molecular formula is C50H37ClF8N8O8. The van der Waals surface area contributed by atoms with E-state index in [4.69, 9.17) is 25.8 Å². The molecule has 0 aliphatic rings. The number of ether oxygens (including phenoxy) is 4. The number of nitrogens with zero attached hydrogens (tertiary/aromatic N) is 6. The van der Waals surface area contributed by atoms with Crippen LogP contribution in [0.15, 0.2) is 125 Å². The minimum absolute atomic E-state index is 0.0169. The summed E-state index contributed by atoms with van der Waals surface area (Å²) >= 11 is 6.40. The number of amides is 2. The van der Waals surface area contributed by atoms with Gasteiger partial charge in [0.2, 0.25) is 6.36 Å². The van der Waals surface area contributed by atoms with Gasteiger partial charge in [0, 0.05) is 61.2 Å². The molecule has 25 heteroatoms. The number of halogens is 9. The Kier molecular flexibility index (Phi) is 14.9. The fourth-order valence-electron chi connectivity index (χ4n) is 7.92. The number of pyridine rings is 2. The Morgan fingerprint density at radius 1 is 0.680 bits per heavy atom. The first-order valence-electron chi connectivity index (χ1n) is 21.8. The van der Waals surface area contributed by atoms with Crippen LogP contribution in [-0.4, -0.2) is 60.6 Å². The van der Waals surface area contributed by atoms with Crippen LogP contribution in [0.4, 0.5) is 46.5 Å². The van der Waals surface area contributed by atoms with E-state index < -0.39 is 88.9 Å². The molecule has 1 unspecified atom stereocenters. The summed E-state index contributed by atoms with van der Waals surface area (Å²) < 4.78 is 139. The highest BCUT2D eigenvalue weighted by atomic mass is 35.5. The largest absolute Gasteiger partial charge is 0.494 e. The lowest BCUT2D eigenvalue weighted by Crippen LogP contribution is -2.26. The molecule has 8 aromatic rings. The van der Waals surface area contributed by atoms with Gasteiger partial charge in [0.1, 0.15) is 35.0 Å². The molecule has 0 saturated carbocycles. The molecule has 16 nitrogen and oxygen atoms in total. The molecule has 0 bridgehead atoms. The van der Waals surface area contributed by atoms with Crippen LogP contribution in [0.1, 0.15) is 38.8 Å². The van der Waals surface area contributed by atoms with Crippen molar-refractivity contribution >= 4 is 34.8 Å². The van der Waals surface area contributed by atoms with E-state index >= 15 is 8.78 Å². The average Bonchev–Trinajstić information content (AvgIpc) is 3.76. The van der Waals surface area contributed by atoms with Crippen LogP contribution in [0.3, 0.4) is 0 Å². The Labute approximate surface area is 422 Å². The number of aromatic nitrogens is 6. The van der Waals surface area contributed by atoms with Gasteiger partial charge in [-0.25, -0.2) is 23.1 Å². The SMILES string of the molecule is COc1ccc(-c2c(NC(=O)c3ccc(OC(F)F)c(COc4ccc(-c5c(NC(=O)c6ccc(OC(C)F)cc6)c(=O)n(-c6ncccc6C(F)(F)F)n5C)cc4F)c3)c(=O)n(-c3ncccc3Cl)n2C)cc1F. The minimum Gasteiger partial charge on any atom is -0.494 e. The highest BCUT2D eigenvalue weighted by Gasteiger charge is 2.37. The molecule has 1 atom stereocenters. The number of rotatable bonds is 16. The van der Waals surface area contributed by atoms with E-state index in [-0.39, 0.29) is 67.2 Å². The lowest BCUT2D eigenvalue weighted by molar-refractivity contribution is -0.137. The first-order chi connectivity index (χ1) is 35.7. The molecule has 0 aliphatic heterocycles. The van der Waals surface area contributed by atoms with E-state index in [1.165, 1.54) is 79.6 Å². The second-order valence-electron chi connectivity index (χ2n) is 16.0. The Bertz CT molecular complexity index is 3620. The number of carbonyl (C=O) groups excluding carboxylic acids is 2. The van der Waals surface area contributed by atoms with Gasteiger partial charge in [-0.3, -0.25) is 28.5 Å². The van der Waals surface area contributed by atoms with Crippen molar-refractivity contribution in [1.29, 1.82) is 0 Å². The Hall–Kier alpha value is -8.93. The van der Waals surface area contributed by atoms with Crippen molar-refractivity contribution in [3.05, 3.63) is 175 Å². The second kappa shape index (κ2) is 21.3. The number of carbonyl (C=O) groups is 2. The van der Waals surface area contributed by atoms with E-state index in [1.54, 1.807) is 0 Å². The number of methoxy groups -OCH3 is 1. The summed E-state index contributed by atoms with van der Waals surface area (Å²) in [5.74, 6) is -5.98. The summed E-state index contributed by atoms with van der Waals surface area (Å²) in [6, 6.07) is 19.6. The van der Waals surface area contributed by atoms with Gasteiger partial charge in [0.25, 0.3) is 22.9 Å². The zero-order valence-corrected chi connectivity index (χ0v) is 39.9. The monoisotopic (exact) mass is 1060 g/mol. The zero-order chi connectivity index (χ0) is 54.0. The lowest BCUT2D eigenvalue weighted by Gasteiger charge is -2.16. The predicted molar refractivity (Wildman–Crippen MR) is 256 cm³/mol. The van der Waals surface area contributed by atoms with Gasteiger partial charge in [-0.05, 0) is 103 Å². The maximum absolute atomic E-state index is 16.2. The van der Waals surface area contributed by atoms with Crippen molar-refractivity contribution in [3.8, 4) is 57.1 Å². The van der Waals surface area contributed by atoms with Gasteiger partial charge in [0.15, 0.2) is 34.8 Å². The maximum Gasteiger partial charge on any atom is 0.420 e. The van der Waals surface area contributed by atoms with E-state index in [1.807, 2.05) is 0 Å². The van der Waals surface area contributed by atoms with Gasteiger partial charge in [-0.15, -0.1) is 0 Å². The Balaban J connectivity index is 1.13. The number of hydrogen-bond donors (Lipinski definition) is 2. The molecule has 0 saturated heterocycles. The molecule has 75 heavy (non-hydrogen) atoms. The molecule has 4 aromatic heterocycles. The van der Waals surface area contributed by atoms with Gasteiger partial charge < -0.3 is 29.6 Å². The van der Waals surface area contributed by atoms with Crippen molar-refractivity contribution < 1.29 is 63.7 Å². The zero-order valence-electron chi connectivity index (χ0n) is 39.2. The lowest BCUT2D eigenvalue weighted by atomic mass is 10.1. The smallest absolute Gasteiger partial charge is 0.420 e. The highest BCUT2D eigenvalue weighted by molar-refractivity contribution is 6.32. The summed E-state index contributed by atoms with van der Waals surface area (Å²) in [6.07, 6.45) is -4.35. The summed E-state index contributed by atoms with van der Waals surface area (Å²) in [6.45, 7) is -3.02. The summed E-state index contributed by atoms with van der Waals surface area (Å²) in [4.78, 5) is 63.8. The Morgan fingerprint density at radius 2 is 1.20 bits per heavy atom. The number of alkyl halides is 6. The highest BCUT2D eigenvalue weighted by Crippen LogP contribution is 2.37. The number of hydrogen-bond acceptors (Lipinski definition) is 10. The van der Waals surface area contributed by atoms with Gasteiger partial charge in [-0.2, -0.15) is 31.3 Å². The van der Waals surface area contributed by atoms with Gasteiger partial charge in [-0.1, -0.05) is 11.6 Å². The molecule has 4 heterocycles. The van der Waals surface area contributed by atoms with Gasteiger partial charge >= 0.3 is 12.8 Å². The summed E-state index contributed by atoms with van der Waals surface area (Å²) in [5.41, 5.74) is -5.43. The molecule has 0 radical (unpaired) electrons. The number of anilines is 2. The quantitative estimate of drug-likeness (QED) is 0.0887. The number of benzene rings is 4. The van der Waals surface area contributed by atoms with Crippen LogP contribution >= 0.6 is 11.6 Å². The second-order valence-corrected chi connectivity index (χ2v) is 16.4. The molecule has 2 amide bonds. The first-order valence-corrected chi connectivity index (χ1v) is 22.2. The fraction of sp³-hybridized carbons (Fsp3) is 0.160. The third-order valence-corrected chi connectivity index (χ3v) is 11.5. The van der Waals surface area contributed by atoms with Crippen LogP contribution in [0.2, 0.25) is 5.02 Å². The fourth-order valence-corrected chi connectivity index (χ4v) is 8.12. The molecule has 0 fully saturated rings. The maximum atomic E-state index is 16.2. The molecule has 8 rings (SSSR count). The van der Waals surface area contributed by atoms with Crippen molar-refractivity contribution in [3.63, 3.8) is 0 Å². The summed E-state index contributed by atoms with van der Waals surface area (Å²) in [5, 5.41) is 4.94. The van der Waals surface area contributed by atoms with Crippen LogP contribution in [0.25, 0.3) is 34.2 Å². The van der Waals surface area contributed by atoms with E-state index in [0.717, 1.165) is 72.0 Å². The van der Waals surface area contributed by atoms with Crippen LogP contribution in [-0.2, 0) is 26.9 Å². The van der Waals surface area contributed by atoms with Crippen molar-refractivity contribution in [2.24, 2.45) is 14.1 Å². The minimum atomic E-state index is -5.02. The van der Waals surface area contributed by atoms with E-state index in [9.17, 15) is 45.5 Å². The third kappa shape index (κ3) is 10.8. The number of nitrogens with one attached hydrogen (secondary N) is 2. The van der Waals surface area contributed by atoms with Crippen LogP contribution < -0.4 is 40.7 Å². The molecule has 4 aromatic carbocycles. The van der Waals surface area contributed by atoms with Crippen LogP contribution in [0, 0.1) is 11.6 Å². The molecular weight excluding hydrogens is 1030 g/mol. The van der Waals surface area contributed by atoms with Crippen molar-refractivity contribution in [2.45, 2.75) is 32.7 Å². The predicted octanol–water partition coefficient (Wildman–Crippen LogP) is 10.1. The molecule has 0 spiro atoms. The molecule has 2 N–H and O–H groups in total. The van der Waals surface area contributed by atoms with E-state index in [2.05, 4.69) is 25.3 Å². The standard InChI is InChI=1S/C50H37ClF8N8O8/c1-25(52)74-31-14-9-26(10-15-31)45(68)62-39-41(64(2)66(47(39)70)43-32(50(57,58)59)7-5-19-60-43)28-12-18-38(35(54)23-28)73-24-30-21-29(13-16-36(30)75-49(55)56)46(69)63-40-42(27-11-17-37(72-4)34(53)22-27)65(3)67(48(40)71)44-33(51)8-6-20-61-44/h5-23,25,49H,24H2,1-4H3,(H,62,68)(H,63,69). The summed E-state index contributed by atoms with van der Waals surface area (Å²) in [7, 11) is 3.83. The van der Waals surface area contributed by atoms with Crippen molar-refractivity contribution in [1.82, 2.24) is 28.7 Å². The molecule has 0 aliphatic carbocycles. The van der Waals surface area contributed by atoms with E-state index in [0.29, 0.717) is 10.7 Å². The third-order valence-electron chi connectivity index (χ3n) is 11.2. The topological polar surface area (TPSA) is 175 Å². The van der Waals surface area contributed by atoms with Gasteiger partial charge in [0.05, 0.1) is 23.5 Å².